The number of morpholine rings is 1. The molecule has 3 N–H and O–H groups in total. The third-order valence-electron chi connectivity index (χ3n) is 8.09. The molecule has 1 fully saturated rings. The van der Waals surface area contributed by atoms with Crippen molar-refractivity contribution in [3.8, 4) is 0 Å². The molecule has 1 aliphatic rings. The van der Waals surface area contributed by atoms with Crippen LogP contribution in [0.1, 0.15) is 75.5 Å². The largest absolute Gasteiger partial charge is 0.413 e. The van der Waals surface area contributed by atoms with E-state index in [9.17, 15) is 14.7 Å². The number of rotatable bonds is 11. The van der Waals surface area contributed by atoms with Crippen molar-refractivity contribution in [2.45, 2.75) is 104 Å². The first-order valence-electron chi connectivity index (χ1n) is 14.1. The van der Waals surface area contributed by atoms with Crippen LogP contribution in [0.5, 0.6) is 0 Å². The molecule has 2 atom stereocenters. The number of aromatic amines is 1. The molecule has 0 spiro atoms. The van der Waals surface area contributed by atoms with Gasteiger partial charge in [-0.05, 0) is 30.5 Å². The number of aromatic nitrogens is 4. The number of hydrogen-bond acceptors (Lipinski definition) is 8. The zero-order chi connectivity index (χ0) is 29.3. The highest BCUT2D eigenvalue weighted by Crippen LogP contribution is 2.43. The minimum Gasteiger partial charge on any atom is -0.413 e. The lowest BCUT2D eigenvalue weighted by Crippen LogP contribution is -2.61. The molecule has 2 aromatic rings. The number of amides is 1. The van der Waals surface area contributed by atoms with Gasteiger partial charge in [0, 0.05) is 25.0 Å². The van der Waals surface area contributed by atoms with E-state index in [1.165, 1.54) is 6.33 Å². The Kier molecular flexibility index (Phi) is 9.80. The summed E-state index contributed by atoms with van der Waals surface area (Å²) in [6, 6.07) is 0.177. The van der Waals surface area contributed by atoms with Crippen LogP contribution < -0.4 is 10.9 Å². The Morgan fingerprint density at radius 3 is 2.31 bits per heavy atom. The Bertz CT molecular complexity index is 1170. The minimum atomic E-state index is -2.22. The number of nitrogens with one attached hydrogen (secondary N) is 2. The lowest BCUT2D eigenvalue weighted by atomic mass is 10.0. The molecule has 2 aromatic heterocycles. The fourth-order valence-electron chi connectivity index (χ4n) is 5.96. The molecule has 11 nitrogen and oxygen atoms in total. The van der Waals surface area contributed by atoms with E-state index in [0.717, 1.165) is 0 Å². The third kappa shape index (κ3) is 6.29. The van der Waals surface area contributed by atoms with Gasteiger partial charge in [0.1, 0.15) is 11.8 Å². The van der Waals surface area contributed by atoms with E-state index in [4.69, 9.17) is 9.16 Å². The van der Waals surface area contributed by atoms with Gasteiger partial charge in [0.25, 0.3) is 5.56 Å². The third-order valence-corrected chi connectivity index (χ3v) is 14.1. The molecule has 0 saturated carbocycles. The second kappa shape index (κ2) is 12.2. The molecule has 0 aliphatic carbocycles. The maximum atomic E-state index is 12.8. The van der Waals surface area contributed by atoms with E-state index < -0.39 is 25.7 Å². The van der Waals surface area contributed by atoms with E-state index in [-0.39, 0.29) is 42.5 Å². The highest BCUT2D eigenvalue weighted by atomic mass is 28.4. The van der Waals surface area contributed by atoms with E-state index in [1.807, 2.05) is 0 Å². The topological polar surface area (TPSA) is 135 Å². The first-order valence-corrected chi connectivity index (χ1v) is 16.3. The summed E-state index contributed by atoms with van der Waals surface area (Å²) in [6.45, 7) is 22.2. The second-order valence-corrected chi connectivity index (χ2v) is 17.9. The number of anilines is 1. The number of nitrogens with zero attached hydrogens (tertiary/aromatic N) is 4. The van der Waals surface area contributed by atoms with E-state index in [2.05, 4.69) is 80.6 Å². The van der Waals surface area contributed by atoms with Crippen LogP contribution in [-0.4, -0.2) is 81.7 Å². The SMILES string of the molecule is CC(C)C(=O)Nc1nc2c(ncn2[C@H]2CN(C(C)C)C[C@](CO)(CO[Si](C(C)C)(C(C)C)C(C)C)O2)c(=O)[nH]1. The highest BCUT2D eigenvalue weighted by Gasteiger charge is 2.49. The molecule has 0 unspecified atom stereocenters. The summed E-state index contributed by atoms with van der Waals surface area (Å²) < 4.78 is 15.3. The monoisotopic (exact) mass is 564 g/mol. The van der Waals surface area contributed by atoms with Crippen molar-refractivity contribution in [1.82, 2.24) is 24.4 Å². The van der Waals surface area contributed by atoms with Crippen LogP contribution in [0.25, 0.3) is 11.2 Å². The Balaban J connectivity index is 2.02. The van der Waals surface area contributed by atoms with Gasteiger partial charge in [-0.1, -0.05) is 55.4 Å². The lowest BCUT2D eigenvalue weighted by Gasteiger charge is -2.50. The van der Waals surface area contributed by atoms with Gasteiger partial charge in [-0.25, -0.2) is 4.98 Å². The van der Waals surface area contributed by atoms with Crippen LogP contribution in [0.4, 0.5) is 5.95 Å². The lowest BCUT2D eigenvalue weighted by molar-refractivity contribution is -0.215. The molecule has 1 saturated heterocycles. The molecule has 0 radical (unpaired) electrons. The fraction of sp³-hybridized carbons (Fsp3) is 0.778. The van der Waals surface area contributed by atoms with Crippen molar-refractivity contribution in [3.05, 3.63) is 16.7 Å². The van der Waals surface area contributed by atoms with Gasteiger partial charge >= 0.3 is 0 Å². The number of imidazole rings is 1. The van der Waals surface area contributed by atoms with E-state index in [1.54, 1.807) is 18.4 Å². The van der Waals surface area contributed by atoms with Crippen LogP contribution in [0.2, 0.25) is 16.6 Å². The number of ether oxygens (including phenoxy) is 1. The number of carbonyl (C=O) groups is 1. The summed E-state index contributed by atoms with van der Waals surface area (Å²) in [5.74, 6) is -0.476. The van der Waals surface area contributed by atoms with Gasteiger partial charge in [-0.15, -0.1) is 0 Å². The molecule has 1 aliphatic heterocycles. The van der Waals surface area contributed by atoms with Crippen LogP contribution >= 0.6 is 0 Å². The maximum Gasteiger partial charge on any atom is 0.280 e. The van der Waals surface area contributed by atoms with Gasteiger partial charge in [-0.3, -0.25) is 29.4 Å². The number of aliphatic hydroxyl groups is 1. The van der Waals surface area contributed by atoms with Crippen LogP contribution in [0, 0.1) is 5.92 Å². The molecule has 3 heterocycles. The van der Waals surface area contributed by atoms with Crippen molar-refractivity contribution < 1.29 is 19.1 Å². The summed E-state index contributed by atoms with van der Waals surface area (Å²) in [4.78, 5) is 38.7. The Morgan fingerprint density at radius 1 is 1.18 bits per heavy atom. The highest BCUT2D eigenvalue weighted by molar-refractivity contribution is 6.77. The van der Waals surface area contributed by atoms with Gasteiger partial charge in [0.2, 0.25) is 11.9 Å². The van der Waals surface area contributed by atoms with Crippen LogP contribution in [-0.2, 0) is 14.0 Å². The molecule has 0 aromatic carbocycles. The number of fused-ring (bicyclic) bond motifs is 1. The van der Waals surface area contributed by atoms with Crippen molar-refractivity contribution in [2.75, 3.05) is 31.6 Å². The summed E-state index contributed by atoms with van der Waals surface area (Å²) >= 11 is 0. The predicted octanol–water partition coefficient (Wildman–Crippen LogP) is 3.88. The number of hydrogen-bond donors (Lipinski definition) is 3. The average molecular weight is 565 g/mol. The van der Waals surface area contributed by atoms with Gasteiger partial charge in [-0.2, -0.15) is 4.98 Å². The molecular weight excluding hydrogens is 516 g/mol. The van der Waals surface area contributed by atoms with Crippen molar-refractivity contribution in [1.29, 1.82) is 0 Å². The average Bonchev–Trinajstić information content (AvgIpc) is 3.28. The Labute approximate surface area is 232 Å². The number of H-pyrrole nitrogens is 1. The Morgan fingerprint density at radius 2 is 1.79 bits per heavy atom. The molecule has 12 heteroatoms. The van der Waals surface area contributed by atoms with Gasteiger partial charge in [0.05, 0.1) is 19.5 Å². The predicted molar refractivity (Wildman–Crippen MR) is 155 cm³/mol. The smallest absolute Gasteiger partial charge is 0.280 e. The van der Waals surface area contributed by atoms with E-state index >= 15 is 0 Å². The quantitative estimate of drug-likeness (QED) is 0.350. The molecule has 0 bridgehead atoms. The van der Waals surface area contributed by atoms with Crippen molar-refractivity contribution >= 4 is 31.3 Å². The van der Waals surface area contributed by atoms with Crippen LogP contribution in [0.15, 0.2) is 11.1 Å². The first kappa shape index (κ1) is 31.4. The Hall–Kier alpha value is -2.12. The molecule has 1 amide bonds. The summed E-state index contributed by atoms with van der Waals surface area (Å²) in [7, 11) is -2.22. The van der Waals surface area contributed by atoms with Crippen LogP contribution in [0.3, 0.4) is 0 Å². The fourth-order valence-corrected chi connectivity index (χ4v) is 11.5. The van der Waals surface area contributed by atoms with Crippen molar-refractivity contribution in [3.63, 3.8) is 0 Å². The van der Waals surface area contributed by atoms with E-state index in [0.29, 0.717) is 35.4 Å². The molecule has 3 rings (SSSR count). The number of carbonyl (C=O) groups excluding carboxylic acids is 1. The zero-order valence-corrected chi connectivity index (χ0v) is 26.2. The standard InChI is InChI=1S/C27H48N6O5Si/c1-16(2)24(35)30-26-29-23-22(25(36)31-26)28-15-33(23)21-11-32(17(3)4)12-27(13-34,38-21)14-37-39(18(5)6,19(7)8)20(9)10/h15-21,34H,11-14H2,1-10H3,(H2,29,30,31,35,36)/t21-,27+/m1/s1. The zero-order valence-electron chi connectivity index (χ0n) is 25.2. The summed E-state index contributed by atoms with van der Waals surface area (Å²) in [6.07, 6.45) is 0.950. The molecule has 39 heavy (non-hydrogen) atoms. The normalized spacial score (nSPS) is 21.3. The van der Waals surface area contributed by atoms with Gasteiger partial charge < -0.3 is 14.3 Å². The first-order chi connectivity index (χ1) is 18.2. The second-order valence-electron chi connectivity index (χ2n) is 12.4. The summed E-state index contributed by atoms with van der Waals surface area (Å²) in [5.41, 5.74) is 0.199. The minimum absolute atomic E-state index is 0.0582. The molecular formula is C27H48N6O5Si. The van der Waals surface area contributed by atoms with Gasteiger partial charge in [0.15, 0.2) is 19.5 Å². The number of aliphatic hydroxyl groups excluding tert-OH is 1. The maximum absolute atomic E-state index is 12.8. The van der Waals surface area contributed by atoms with Crippen molar-refractivity contribution in [2.24, 2.45) is 5.92 Å². The summed E-state index contributed by atoms with van der Waals surface area (Å²) in [5, 5.41) is 13.4. The molecule has 220 valence electrons.